The van der Waals surface area contributed by atoms with Gasteiger partial charge in [0.05, 0.1) is 12.7 Å². The summed E-state index contributed by atoms with van der Waals surface area (Å²) in [5, 5.41) is 16.7. The van der Waals surface area contributed by atoms with Gasteiger partial charge >= 0.3 is 18.1 Å². The van der Waals surface area contributed by atoms with Crippen LogP contribution in [0, 0.1) is 0 Å². The van der Waals surface area contributed by atoms with E-state index in [2.05, 4.69) is 10.3 Å². The van der Waals surface area contributed by atoms with Crippen molar-refractivity contribution in [3.8, 4) is 0 Å². The molecule has 0 aromatic carbocycles. The van der Waals surface area contributed by atoms with Crippen LogP contribution in [0.15, 0.2) is 12.4 Å². The summed E-state index contributed by atoms with van der Waals surface area (Å²) >= 11 is 0. The summed E-state index contributed by atoms with van der Waals surface area (Å²) < 4.78 is 36.7. The monoisotopic (exact) mass is 252 g/mol. The van der Waals surface area contributed by atoms with Crippen molar-refractivity contribution < 1.29 is 27.9 Å². The van der Waals surface area contributed by atoms with Crippen LogP contribution in [0.5, 0.6) is 0 Å². The quantitative estimate of drug-likeness (QED) is 0.746. The molecule has 1 amide bonds. The highest BCUT2D eigenvalue weighted by molar-refractivity contribution is 5.86. The first-order valence-electron chi connectivity index (χ1n) is 4.25. The van der Waals surface area contributed by atoms with Crippen molar-refractivity contribution in [2.45, 2.75) is 18.8 Å². The van der Waals surface area contributed by atoms with E-state index < -0.39 is 30.6 Å². The number of alkyl halides is 3. The van der Waals surface area contributed by atoms with E-state index in [4.69, 9.17) is 5.11 Å². The average molecular weight is 252 g/mol. The van der Waals surface area contributed by atoms with Crippen molar-refractivity contribution in [2.24, 2.45) is 0 Å². The lowest BCUT2D eigenvalue weighted by Gasteiger charge is -2.15. The molecule has 0 spiro atoms. The first-order valence-corrected chi connectivity index (χ1v) is 4.25. The van der Waals surface area contributed by atoms with Gasteiger partial charge in [-0.2, -0.15) is 13.2 Å². The summed E-state index contributed by atoms with van der Waals surface area (Å²) in [7, 11) is 0. The van der Waals surface area contributed by atoms with Gasteiger partial charge in [0, 0.05) is 6.20 Å². The molecule has 1 atom stereocenters. The summed E-state index contributed by atoms with van der Waals surface area (Å²) in [5.41, 5.74) is 0. The zero-order valence-electron chi connectivity index (χ0n) is 8.18. The third kappa shape index (κ3) is 3.74. The Morgan fingerprint density at radius 2 is 2.12 bits per heavy atom. The third-order valence-corrected chi connectivity index (χ3v) is 1.70. The number of carbonyl (C=O) groups excluding carboxylic acids is 1. The molecule has 1 unspecified atom stereocenters. The first kappa shape index (κ1) is 12.9. The molecule has 0 fully saturated rings. The average Bonchev–Trinajstić information content (AvgIpc) is 2.67. The molecule has 1 aromatic heterocycles. The van der Waals surface area contributed by atoms with Crippen molar-refractivity contribution in [2.75, 3.05) is 0 Å². The molecule has 0 saturated heterocycles. The Labute approximate surface area is 92.2 Å². The van der Waals surface area contributed by atoms with Gasteiger partial charge in [0.1, 0.15) is 6.04 Å². The molecule has 0 saturated carbocycles. The van der Waals surface area contributed by atoms with E-state index >= 15 is 0 Å². The molecule has 1 aromatic rings. The molecule has 1 rings (SSSR count). The number of aliphatic carboxylic acids is 1. The molecular weight excluding hydrogens is 245 g/mol. The fourth-order valence-corrected chi connectivity index (χ4v) is 0.943. The van der Waals surface area contributed by atoms with Crippen LogP contribution in [0.4, 0.5) is 13.2 Å². The zero-order valence-corrected chi connectivity index (χ0v) is 8.18. The molecule has 1 heterocycles. The number of aromatic nitrogens is 3. The van der Waals surface area contributed by atoms with Crippen molar-refractivity contribution in [1.82, 2.24) is 20.3 Å². The lowest BCUT2D eigenvalue weighted by Crippen LogP contribution is -2.48. The largest absolute Gasteiger partial charge is 0.480 e. The Balaban J connectivity index is 2.68. The van der Waals surface area contributed by atoms with Gasteiger partial charge in [-0.3, -0.25) is 4.79 Å². The van der Waals surface area contributed by atoms with Crippen LogP contribution >= 0.6 is 0 Å². The van der Waals surface area contributed by atoms with E-state index in [9.17, 15) is 22.8 Å². The molecule has 0 radical (unpaired) electrons. The topological polar surface area (TPSA) is 97.1 Å². The van der Waals surface area contributed by atoms with E-state index in [1.54, 1.807) is 0 Å². The second kappa shape index (κ2) is 4.80. The number of carboxylic acids is 1. The van der Waals surface area contributed by atoms with Gasteiger partial charge in [0.25, 0.3) is 0 Å². The maximum absolute atomic E-state index is 11.9. The SMILES string of the molecule is O=C(O)C(Cn1ccnn1)NC(=O)C(F)(F)F. The minimum Gasteiger partial charge on any atom is -0.480 e. The van der Waals surface area contributed by atoms with Gasteiger partial charge in [-0.15, -0.1) is 5.10 Å². The predicted molar refractivity (Wildman–Crippen MR) is 45.6 cm³/mol. The minimum atomic E-state index is -5.13. The van der Waals surface area contributed by atoms with Crippen LogP contribution in [-0.4, -0.2) is 44.2 Å². The highest BCUT2D eigenvalue weighted by atomic mass is 19.4. The van der Waals surface area contributed by atoms with Crippen LogP contribution in [0.3, 0.4) is 0 Å². The third-order valence-electron chi connectivity index (χ3n) is 1.70. The second-order valence-corrected chi connectivity index (χ2v) is 2.99. The van der Waals surface area contributed by atoms with E-state index in [0.717, 1.165) is 4.68 Å². The molecule has 0 aliphatic rings. The number of hydrogen-bond acceptors (Lipinski definition) is 4. The Kier molecular flexibility index (Phi) is 3.66. The maximum atomic E-state index is 11.9. The molecule has 7 nitrogen and oxygen atoms in total. The van der Waals surface area contributed by atoms with E-state index in [-0.39, 0.29) is 0 Å². The van der Waals surface area contributed by atoms with Crippen LogP contribution in [0.25, 0.3) is 0 Å². The number of carboxylic acid groups (broad SMARTS) is 1. The number of rotatable bonds is 4. The Morgan fingerprint density at radius 3 is 2.53 bits per heavy atom. The second-order valence-electron chi connectivity index (χ2n) is 2.99. The van der Waals surface area contributed by atoms with E-state index in [0.29, 0.717) is 0 Å². The van der Waals surface area contributed by atoms with Gasteiger partial charge in [0.2, 0.25) is 0 Å². The normalized spacial score (nSPS) is 13.1. The summed E-state index contributed by atoms with van der Waals surface area (Å²) in [5.74, 6) is -3.91. The molecular formula is C7H7F3N4O3. The van der Waals surface area contributed by atoms with Gasteiger partial charge in [0.15, 0.2) is 0 Å². The summed E-state index contributed by atoms with van der Waals surface area (Å²) in [6, 6.07) is -1.73. The number of nitrogens with zero attached hydrogens (tertiary/aromatic N) is 3. The molecule has 10 heteroatoms. The standard InChI is InChI=1S/C7H7F3N4O3/c8-7(9,10)6(17)12-4(5(15)16)3-14-2-1-11-13-14/h1-2,4H,3H2,(H,12,17)(H,15,16). The highest BCUT2D eigenvalue weighted by Crippen LogP contribution is 2.14. The number of carbonyl (C=O) groups is 2. The van der Waals surface area contributed by atoms with Crippen molar-refractivity contribution in [3.63, 3.8) is 0 Å². The van der Waals surface area contributed by atoms with Crippen molar-refractivity contribution in [3.05, 3.63) is 12.4 Å². The van der Waals surface area contributed by atoms with Crippen LogP contribution in [0.1, 0.15) is 0 Å². The predicted octanol–water partition coefficient (Wildman–Crippen LogP) is -0.590. The number of nitrogens with one attached hydrogen (secondary N) is 1. The van der Waals surface area contributed by atoms with Gasteiger partial charge in [-0.1, -0.05) is 5.21 Å². The minimum absolute atomic E-state index is 0.447. The van der Waals surface area contributed by atoms with Gasteiger partial charge in [-0.25, -0.2) is 9.48 Å². The summed E-state index contributed by atoms with van der Waals surface area (Å²) in [6.07, 6.45) is -2.64. The Morgan fingerprint density at radius 1 is 1.47 bits per heavy atom. The first-order chi connectivity index (χ1) is 7.80. The van der Waals surface area contributed by atoms with Crippen LogP contribution in [0.2, 0.25) is 0 Å². The van der Waals surface area contributed by atoms with Gasteiger partial charge in [-0.05, 0) is 0 Å². The fraction of sp³-hybridized carbons (Fsp3) is 0.429. The fourth-order valence-electron chi connectivity index (χ4n) is 0.943. The summed E-state index contributed by atoms with van der Waals surface area (Å²) in [6.45, 7) is -0.447. The smallest absolute Gasteiger partial charge is 0.471 e. The molecule has 0 aliphatic heterocycles. The van der Waals surface area contributed by atoms with Crippen molar-refractivity contribution >= 4 is 11.9 Å². The van der Waals surface area contributed by atoms with Crippen LogP contribution < -0.4 is 5.32 Å². The lowest BCUT2D eigenvalue weighted by atomic mass is 10.3. The molecule has 0 bridgehead atoms. The molecule has 2 N–H and O–H groups in total. The molecule has 0 aliphatic carbocycles. The molecule has 94 valence electrons. The number of hydrogen-bond donors (Lipinski definition) is 2. The zero-order chi connectivity index (χ0) is 13.1. The highest BCUT2D eigenvalue weighted by Gasteiger charge is 2.40. The summed E-state index contributed by atoms with van der Waals surface area (Å²) in [4.78, 5) is 21.2. The maximum Gasteiger partial charge on any atom is 0.471 e. The van der Waals surface area contributed by atoms with Crippen molar-refractivity contribution in [1.29, 1.82) is 0 Å². The lowest BCUT2D eigenvalue weighted by molar-refractivity contribution is -0.175. The number of halogens is 3. The van der Waals surface area contributed by atoms with E-state index in [1.165, 1.54) is 17.7 Å². The van der Waals surface area contributed by atoms with E-state index in [1.807, 2.05) is 0 Å². The Hall–Kier alpha value is -2.13. The Bertz CT molecular complexity index is 403. The van der Waals surface area contributed by atoms with Crippen LogP contribution in [-0.2, 0) is 16.1 Å². The number of amides is 1. The van der Waals surface area contributed by atoms with Gasteiger partial charge < -0.3 is 10.4 Å². The molecule has 17 heavy (non-hydrogen) atoms.